The van der Waals surface area contributed by atoms with Gasteiger partial charge in [-0.25, -0.2) is 19.0 Å². The zero-order valence-electron chi connectivity index (χ0n) is 16.7. The number of hydrazine groups is 1. The number of carbonyl (C=O) groups is 1. The van der Waals surface area contributed by atoms with Crippen LogP contribution in [-0.2, 0) is 11.2 Å². The summed E-state index contributed by atoms with van der Waals surface area (Å²) in [6.07, 6.45) is -0.637. The van der Waals surface area contributed by atoms with E-state index < -0.39 is 17.5 Å². The summed E-state index contributed by atoms with van der Waals surface area (Å²) in [5.74, 6) is -0.257. The Bertz CT molecular complexity index is 1170. The highest BCUT2D eigenvalue weighted by molar-refractivity contribution is 6.31. The monoisotopic (exact) mass is 446 g/mol. The van der Waals surface area contributed by atoms with E-state index in [4.69, 9.17) is 25.5 Å². The van der Waals surface area contributed by atoms with Gasteiger partial charge in [0.1, 0.15) is 17.1 Å². The first-order chi connectivity index (χ1) is 14.9. The molecule has 0 aliphatic carbocycles. The molecule has 1 N–H and O–H groups in total. The molecule has 3 aromatic rings. The minimum Gasteiger partial charge on any atom is -0.422 e. The molecule has 0 bridgehead atoms. The third kappa shape index (κ3) is 4.71. The van der Waals surface area contributed by atoms with Crippen LogP contribution in [0.2, 0.25) is 5.02 Å². The molecule has 1 aromatic heterocycles. The number of amides is 1. The molecule has 162 valence electrons. The smallest absolute Gasteiger partial charge is 0.422 e. The zero-order chi connectivity index (χ0) is 22.0. The first kappa shape index (κ1) is 21.3. The van der Waals surface area contributed by atoms with Gasteiger partial charge in [0.15, 0.2) is 0 Å². The van der Waals surface area contributed by atoms with Crippen LogP contribution in [0.3, 0.4) is 0 Å². The third-order valence-corrected chi connectivity index (χ3v) is 5.50. The molecule has 2 aromatic carbocycles. The molecule has 31 heavy (non-hydrogen) atoms. The van der Waals surface area contributed by atoms with Crippen LogP contribution in [0.4, 0.5) is 9.18 Å². The van der Waals surface area contributed by atoms with Crippen molar-refractivity contribution in [2.45, 2.75) is 13.3 Å². The van der Waals surface area contributed by atoms with E-state index in [2.05, 4.69) is 5.43 Å². The Kier molecular flexibility index (Phi) is 6.22. The lowest BCUT2D eigenvalue weighted by atomic mass is 9.99. The Balaban J connectivity index is 1.57. The SMILES string of the molecule is Cc1c(Cc2c(F)cccc2Cl)c(=O)oc2cc(OC(=O)NN3CCOCC3)ccc12. The number of ether oxygens (including phenoxy) is 2. The highest BCUT2D eigenvalue weighted by atomic mass is 35.5. The number of morpholine rings is 1. The van der Waals surface area contributed by atoms with Crippen LogP contribution in [0.1, 0.15) is 16.7 Å². The molecule has 1 aliphatic rings. The van der Waals surface area contributed by atoms with Gasteiger partial charge < -0.3 is 13.9 Å². The van der Waals surface area contributed by atoms with Gasteiger partial charge in [0.25, 0.3) is 0 Å². The van der Waals surface area contributed by atoms with E-state index in [1.165, 1.54) is 18.2 Å². The normalized spacial score (nSPS) is 14.5. The van der Waals surface area contributed by atoms with E-state index in [9.17, 15) is 14.0 Å². The van der Waals surface area contributed by atoms with E-state index in [0.29, 0.717) is 42.8 Å². The summed E-state index contributed by atoms with van der Waals surface area (Å²) in [7, 11) is 0. The molecule has 0 spiro atoms. The molecule has 7 nitrogen and oxygen atoms in total. The molecule has 2 heterocycles. The number of hydrogen-bond donors (Lipinski definition) is 1. The van der Waals surface area contributed by atoms with E-state index in [0.717, 1.165) is 0 Å². The lowest BCUT2D eigenvalue weighted by Crippen LogP contribution is -2.49. The average Bonchev–Trinajstić information content (AvgIpc) is 2.73. The van der Waals surface area contributed by atoms with Crippen molar-refractivity contribution in [1.82, 2.24) is 10.4 Å². The van der Waals surface area contributed by atoms with E-state index >= 15 is 0 Å². The van der Waals surface area contributed by atoms with Crippen LogP contribution in [0, 0.1) is 12.7 Å². The lowest BCUT2D eigenvalue weighted by Gasteiger charge is -2.26. The second-order valence-electron chi connectivity index (χ2n) is 7.13. The molecule has 1 aliphatic heterocycles. The fraction of sp³-hybridized carbons (Fsp3) is 0.273. The van der Waals surface area contributed by atoms with Crippen LogP contribution in [0.15, 0.2) is 45.6 Å². The quantitative estimate of drug-likeness (QED) is 0.614. The molecule has 0 radical (unpaired) electrons. The van der Waals surface area contributed by atoms with E-state index in [1.54, 1.807) is 30.1 Å². The van der Waals surface area contributed by atoms with Crippen LogP contribution >= 0.6 is 11.6 Å². The van der Waals surface area contributed by atoms with Crippen molar-refractivity contribution in [3.63, 3.8) is 0 Å². The van der Waals surface area contributed by atoms with Crippen molar-refractivity contribution < 1.29 is 23.1 Å². The van der Waals surface area contributed by atoms with Gasteiger partial charge >= 0.3 is 11.7 Å². The van der Waals surface area contributed by atoms with Crippen molar-refractivity contribution in [3.05, 3.63) is 74.3 Å². The summed E-state index contributed by atoms with van der Waals surface area (Å²) >= 11 is 6.10. The minimum atomic E-state index is -0.647. The van der Waals surface area contributed by atoms with Crippen molar-refractivity contribution in [3.8, 4) is 5.75 Å². The maximum absolute atomic E-state index is 14.2. The molecule has 9 heteroatoms. The molecule has 0 atom stereocenters. The van der Waals surface area contributed by atoms with Crippen LogP contribution < -0.4 is 15.8 Å². The molecule has 4 rings (SSSR count). The van der Waals surface area contributed by atoms with Gasteiger partial charge in [0.2, 0.25) is 0 Å². The van der Waals surface area contributed by atoms with Gasteiger partial charge in [-0.2, -0.15) is 0 Å². The lowest BCUT2D eigenvalue weighted by molar-refractivity contribution is 0.0153. The Morgan fingerprint density at radius 2 is 2.00 bits per heavy atom. The van der Waals surface area contributed by atoms with Gasteiger partial charge in [-0.15, -0.1) is 0 Å². The summed E-state index contributed by atoms with van der Waals surface area (Å²) in [6.45, 7) is 3.95. The number of fused-ring (bicyclic) bond motifs is 1. The molecular formula is C22H20ClFN2O5. The first-order valence-corrected chi connectivity index (χ1v) is 10.1. The molecule has 0 saturated carbocycles. The maximum Gasteiger partial charge on any atom is 0.427 e. The van der Waals surface area contributed by atoms with Gasteiger partial charge in [-0.1, -0.05) is 17.7 Å². The van der Waals surface area contributed by atoms with Crippen LogP contribution in [-0.4, -0.2) is 37.4 Å². The van der Waals surface area contributed by atoms with Gasteiger partial charge in [-0.3, -0.25) is 5.43 Å². The zero-order valence-corrected chi connectivity index (χ0v) is 17.5. The second kappa shape index (κ2) is 9.05. The number of nitrogens with zero attached hydrogens (tertiary/aromatic N) is 1. The second-order valence-corrected chi connectivity index (χ2v) is 7.54. The maximum atomic E-state index is 14.2. The summed E-state index contributed by atoms with van der Waals surface area (Å²) in [6, 6.07) is 9.15. The predicted octanol–water partition coefficient (Wildman–Crippen LogP) is 3.82. The number of rotatable bonds is 4. The first-order valence-electron chi connectivity index (χ1n) is 9.73. The number of nitrogens with one attached hydrogen (secondary N) is 1. The Morgan fingerprint density at radius 3 is 2.74 bits per heavy atom. The van der Waals surface area contributed by atoms with Crippen molar-refractivity contribution in [1.29, 1.82) is 0 Å². The third-order valence-electron chi connectivity index (χ3n) is 5.15. The van der Waals surface area contributed by atoms with E-state index in [-0.39, 0.29) is 28.3 Å². The number of halogens is 2. The number of carbonyl (C=O) groups excluding carboxylic acids is 1. The summed E-state index contributed by atoms with van der Waals surface area (Å²) in [5.41, 5.74) is 3.51. The van der Waals surface area contributed by atoms with Crippen LogP contribution in [0.25, 0.3) is 11.0 Å². The van der Waals surface area contributed by atoms with Gasteiger partial charge in [0, 0.05) is 47.1 Å². The van der Waals surface area contributed by atoms with Crippen molar-refractivity contribution in [2.24, 2.45) is 0 Å². The molecule has 1 fully saturated rings. The summed E-state index contributed by atoms with van der Waals surface area (Å²) in [4.78, 5) is 24.7. The van der Waals surface area contributed by atoms with Crippen LogP contribution in [0.5, 0.6) is 5.75 Å². The topological polar surface area (TPSA) is 81.0 Å². The Labute approximate surface area is 182 Å². The van der Waals surface area contributed by atoms with Gasteiger partial charge in [0.05, 0.1) is 13.2 Å². The van der Waals surface area contributed by atoms with Gasteiger partial charge in [-0.05, 0) is 36.8 Å². The highest BCUT2D eigenvalue weighted by Gasteiger charge is 2.18. The number of aryl methyl sites for hydroxylation is 1. The fourth-order valence-electron chi connectivity index (χ4n) is 3.45. The largest absolute Gasteiger partial charge is 0.427 e. The number of hydrogen-bond acceptors (Lipinski definition) is 6. The Hall–Kier alpha value is -2.94. The van der Waals surface area contributed by atoms with Crippen molar-refractivity contribution in [2.75, 3.05) is 26.3 Å². The fourth-order valence-corrected chi connectivity index (χ4v) is 3.68. The summed E-state index contributed by atoms with van der Waals surface area (Å²) < 4.78 is 30.1. The average molecular weight is 447 g/mol. The Morgan fingerprint density at radius 1 is 1.23 bits per heavy atom. The molecule has 0 unspecified atom stereocenters. The minimum absolute atomic E-state index is 0.00974. The number of benzene rings is 2. The molecular weight excluding hydrogens is 427 g/mol. The standard InChI is InChI=1S/C22H20ClFN2O5/c1-13-15-6-5-14(30-22(28)25-26-7-9-29-10-8-26)11-20(15)31-21(27)16(13)12-17-18(23)3-2-4-19(17)24/h2-6,11H,7-10,12H2,1H3,(H,25,28). The van der Waals surface area contributed by atoms with Crippen molar-refractivity contribution >= 4 is 28.7 Å². The van der Waals surface area contributed by atoms with E-state index in [1.807, 2.05) is 0 Å². The predicted molar refractivity (Wildman–Crippen MR) is 113 cm³/mol. The molecule has 1 amide bonds. The summed E-state index contributed by atoms with van der Waals surface area (Å²) in [5, 5.41) is 2.61. The molecule has 1 saturated heterocycles. The highest BCUT2D eigenvalue weighted by Crippen LogP contribution is 2.27.